The molecule has 5 rings (SSSR count). The van der Waals surface area contributed by atoms with Crippen molar-refractivity contribution in [2.24, 2.45) is 0 Å². The number of hydrogen-bond acceptors (Lipinski definition) is 5. The van der Waals surface area contributed by atoms with E-state index < -0.39 is 5.92 Å². The molecule has 2 amide bonds. The van der Waals surface area contributed by atoms with Crippen molar-refractivity contribution >= 4 is 11.8 Å². The molecule has 2 aromatic carbocycles. The number of aromatic nitrogens is 1. The monoisotopic (exact) mass is 443 g/mol. The topological polar surface area (TPSA) is 80.8 Å². The summed E-state index contributed by atoms with van der Waals surface area (Å²) < 4.78 is 11.0. The van der Waals surface area contributed by atoms with Gasteiger partial charge in [-0.2, -0.15) is 0 Å². The van der Waals surface area contributed by atoms with E-state index in [-0.39, 0.29) is 17.9 Å². The summed E-state index contributed by atoms with van der Waals surface area (Å²) in [5.74, 6) is 0.130. The first-order valence-corrected chi connectivity index (χ1v) is 10.9. The maximum atomic E-state index is 13.7. The average Bonchev–Trinajstić information content (AvgIpc) is 2.87. The van der Waals surface area contributed by atoms with Gasteiger partial charge in [0, 0.05) is 31.0 Å². The predicted octanol–water partition coefficient (Wildman–Crippen LogP) is 3.25. The molecule has 0 bridgehead atoms. The normalized spacial score (nSPS) is 18.6. The van der Waals surface area contributed by atoms with Gasteiger partial charge in [-0.25, -0.2) is 0 Å². The van der Waals surface area contributed by atoms with Crippen LogP contribution in [0, 0.1) is 0 Å². The van der Waals surface area contributed by atoms with Gasteiger partial charge in [0.25, 0.3) is 5.91 Å². The molecule has 3 heterocycles. The minimum absolute atomic E-state index is 0.0956. The number of carbonyl (C=O) groups is 2. The number of rotatable bonds is 5. The van der Waals surface area contributed by atoms with Crippen LogP contribution in [0.5, 0.6) is 11.5 Å². The molecule has 0 radical (unpaired) electrons. The Balaban J connectivity index is 1.62. The zero-order valence-corrected chi connectivity index (χ0v) is 18.6. The van der Waals surface area contributed by atoms with Gasteiger partial charge < -0.3 is 19.7 Å². The molecule has 2 unspecified atom stereocenters. The van der Waals surface area contributed by atoms with Crippen LogP contribution in [0.3, 0.4) is 0 Å². The number of ether oxygens (including phenoxy) is 2. The Hall–Kier alpha value is -3.87. The Morgan fingerprint density at radius 3 is 2.64 bits per heavy atom. The number of amides is 2. The van der Waals surface area contributed by atoms with Gasteiger partial charge in [-0.05, 0) is 46.9 Å². The van der Waals surface area contributed by atoms with Crippen molar-refractivity contribution in [2.45, 2.75) is 24.9 Å². The molecule has 33 heavy (non-hydrogen) atoms. The number of methoxy groups -OCH3 is 2. The van der Waals surface area contributed by atoms with Crippen LogP contribution in [0.4, 0.5) is 0 Å². The quantitative estimate of drug-likeness (QED) is 0.655. The molecule has 7 nitrogen and oxygen atoms in total. The van der Waals surface area contributed by atoms with Crippen molar-refractivity contribution in [3.63, 3.8) is 0 Å². The largest absolute Gasteiger partial charge is 0.493 e. The Morgan fingerprint density at radius 2 is 1.88 bits per heavy atom. The lowest BCUT2D eigenvalue weighted by Gasteiger charge is -2.45. The molecular formula is C26H25N3O4. The second kappa shape index (κ2) is 8.58. The summed E-state index contributed by atoms with van der Waals surface area (Å²) in [5, 5.41) is 3.07. The summed E-state index contributed by atoms with van der Waals surface area (Å²) in [7, 11) is 3.09. The molecule has 0 saturated carbocycles. The summed E-state index contributed by atoms with van der Waals surface area (Å²) in [6.07, 6.45) is 4.19. The molecule has 0 aliphatic carbocycles. The fourth-order valence-corrected chi connectivity index (χ4v) is 4.93. The van der Waals surface area contributed by atoms with E-state index in [0.717, 1.165) is 17.5 Å². The summed E-state index contributed by atoms with van der Waals surface area (Å²) in [5.41, 5.74) is 4.22. The van der Waals surface area contributed by atoms with Gasteiger partial charge in [-0.15, -0.1) is 0 Å². The van der Waals surface area contributed by atoms with E-state index in [1.165, 1.54) is 12.7 Å². The van der Waals surface area contributed by atoms with Crippen molar-refractivity contribution in [3.05, 3.63) is 88.7 Å². The highest BCUT2D eigenvalue weighted by Gasteiger charge is 2.46. The standard InChI is InChI=1S/C26H25N3O4/c1-32-21-12-19-20(13-22(21)33-2)26(31)29-11-9-17-7-3-4-8-18(17)24(29)23(19)25(30)28-15-16-6-5-10-27-14-16/h3-8,10,12-14,23-24H,9,11,15H2,1-2H3,(H,28,30). The lowest BCUT2D eigenvalue weighted by Crippen LogP contribution is -2.50. The molecule has 1 N–H and O–H groups in total. The maximum absolute atomic E-state index is 13.7. The van der Waals surface area contributed by atoms with Crippen LogP contribution in [0.1, 0.15) is 44.6 Å². The minimum Gasteiger partial charge on any atom is -0.493 e. The molecule has 0 fully saturated rings. The zero-order valence-electron chi connectivity index (χ0n) is 18.6. The van der Waals surface area contributed by atoms with Crippen LogP contribution in [0.25, 0.3) is 0 Å². The number of carbonyl (C=O) groups excluding carboxylic acids is 2. The highest BCUT2D eigenvalue weighted by molar-refractivity contribution is 6.02. The first kappa shape index (κ1) is 21.0. The van der Waals surface area contributed by atoms with Gasteiger partial charge in [-0.1, -0.05) is 30.3 Å². The molecule has 0 saturated heterocycles. The number of nitrogens with one attached hydrogen (secondary N) is 1. The Morgan fingerprint density at radius 1 is 1.09 bits per heavy atom. The fourth-order valence-electron chi connectivity index (χ4n) is 4.93. The van der Waals surface area contributed by atoms with E-state index >= 15 is 0 Å². The number of hydrogen-bond donors (Lipinski definition) is 1. The second-order valence-corrected chi connectivity index (χ2v) is 8.24. The van der Waals surface area contributed by atoms with Crippen molar-refractivity contribution < 1.29 is 19.1 Å². The number of nitrogens with zero attached hydrogens (tertiary/aromatic N) is 2. The first-order valence-electron chi connectivity index (χ1n) is 10.9. The fraction of sp³-hybridized carbons (Fsp3) is 0.269. The minimum atomic E-state index is -0.587. The summed E-state index contributed by atoms with van der Waals surface area (Å²) in [6, 6.07) is 14.9. The van der Waals surface area contributed by atoms with Crippen LogP contribution >= 0.6 is 0 Å². The predicted molar refractivity (Wildman–Crippen MR) is 122 cm³/mol. The van der Waals surface area contributed by atoms with Gasteiger partial charge in [0.15, 0.2) is 11.5 Å². The van der Waals surface area contributed by atoms with Crippen molar-refractivity contribution in [3.8, 4) is 11.5 Å². The van der Waals surface area contributed by atoms with E-state index in [4.69, 9.17) is 9.47 Å². The molecule has 2 atom stereocenters. The number of benzene rings is 2. The number of fused-ring (bicyclic) bond motifs is 4. The summed E-state index contributed by atoms with van der Waals surface area (Å²) in [4.78, 5) is 33.2. The lowest BCUT2D eigenvalue weighted by molar-refractivity contribution is -0.124. The molecule has 1 aromatic heterocycles. The molecule has 0 spiro atoms. The Bertz CT molecular complexity index is 1210. The molecule has 2 aliphatic heterocycles. The highest BCUT2D eigenvalue weighted by Crippen LogP contribution is 2.48. The van der Waals surface area contributed by atoms with E-state index in [9.17, 15) is 9.59 Å². The third-order valence-corrected chi connectivity index (χ3v) is 6.50. The van der Waals surface area contributed by atoms with Crippen LogP contribution < -0.4 is 14.8 Å². The molecule has 7 heteroatoms. The summed E-state index contributed by atoms with van der Waals surface area (Å²) >= 11 is 0. The molecular weight excluding hydrogens is 418 g/mol. The van der Waals surface area contributed by atoms with Gasteiger partial charge in [0.2, 0.25) is 5.91 Å². The average molecular weight is 444 g/mol. The van der Waals surface area contributed by atoms with Crippen LogP contribution in [-0.4, -0.2) is 42.5 Å². The van der Waals surface area contributed by atoms with Crippen LogP contribution in [0.15, 0.2) is 60.9 Å². The first-order chi connectivity index (χ1) is 16.1. The molecule has 2 aliphatic rings. The number of pyridine rings is 1. The second-order valence-electron chi connectivity index (χ2n) is 8.24. The maximum Gasteiger partial charge on any atom is 0.254 e. The third-order valence-electron chi connectivity index (χ3n) is 6.50. The zero-order chi connectivity index (χ0) is 22.9. The highest BCUT2D eigenvalue weighted by atomic mass is 16.5. The smallest absolute Gasteiger partial charge is 0.254 e. The lowest BCUT2D eigenvalue weighted by atomic mass is 9.75. The third kappa shape index (κ3) is 3.59. The van der Waals surface area contributed by atoms with Crippen molar-refractivity contribution in [1.82, 2.24) is 15.2 Å². The SMILES string of the molecule is COc1cc2c(cc1OC)C(C(=O)NCc1cccnc1)C1c3ccccc3CCN1C2=O. The van der Waals surface area contributed by atoms with Gasteiger partial charge >= 0.3 is 0 Å². The Kier molecular flexibility index (Phi) is 5.46. The van der Waals surface area contributed by atoms with Gasteiger partial charge in [0.1, 0.15) is 0 Å². The Labute approximate surface area is 192 Å². The molecule has 3 aromatic rings. The van der Waals surface area contributed by atoms with Crippen molar-refractivity contribution in [1.29, 1.82) is 0 Å². The van der Waals surface area contributed by atoms with Gasteiger partial charge in [0.05, 0.1) is 26.2 Å². The van der Waals surface area contributed by atoms with Crippen molar-refractivity contribution in [2.75, 3.05) is 20.8 Å². The van der Waals surface area contributed by atoms with E-state index in [2.05, 4.69) is 16.4 Å². The molecule has 168 valence electrons. The van der Waals surface area contributed by atoms with E-state index in [0.29, 0.717) is 35.7 Å². The summed E-state index contributed by atoms with van der Waals surface area (Å²) in [6.45, 7) is 0.912. The van der Waals surface area contributed by atoms with E-state index in [1.54, 1.807) is 31.6 Å². The van der Waals surface area contributed by atoms with Gasteiger partial charge in [-0.3, -0.25) is 14.6 Å². The van der Waals surface area contributed by atoms with Crippen LogP contribution in [0.2, 0.25) is 0 Å². The van der Waals surface area contributed by atoms with E-state index in [1.807, 2.05) is 35.2 Å². The van der Waals surface area contributed by atoms with Crippen LogP contribution in [-0.2, 0) is 17.8 Å².